The molecule has 1 aliphatic heterocycles. The number of anilines is 1. The Bertz CT molecular complexity index is 673. The maximum atomic E-state index is 13.0. The Kier molecular flexibility index (Phi) is 6.83. The summed E-state index contributed by atoms with van der Waals surface area (Å²) in [5.74, 6) is -1.01. The number of aliphatic hydroxyl groups excluding tert-OH is 1. The van der Waals surface area contributed by atoms with E-state index in [9.17, 15) is 27.9 Å². The van der Waals surface area contributed by atoms with E-state index in [1.54, 1.807) is 6.92 Å². The number of hydrogen-bond acceptors (Lipinski definition) is 4. The van der Waals surface area contributed by atoms with Crippen LogP contribution in [0.2, 0.25) is 0 Å². The molecule has 1 fully saturated rings. The fourth-order valence-electron chi connectivity index (χ4n) is 3.07. The summed E-state index contributed by atoms with van der Waals surface area (Å²) in [5.41, 5.74) is -1.28. The largest absolute Gasteiger partial charge is 0.418 e. The van der Waals surface area contributed by atoms with E-state index in [0.717, 1.165) is 6.07 Å². The molecule has 0 spiro atoms. The molecule has 1 aromatic rings. The van der Waals surface area contributed by atoms with Crippen molar-refractivity contribution in [2.75, 3.05) is 32.0 Å². The Morgan fingerprint density at radius 3 is 2.48 bits per heavy atom. The number of carbonyl (C=O) groups is 2. The highest BCUT2D eigenvalue weighted by atomic mass is 19.4. The van der Waals surface area contributed by atoms with Crippen LogP contribution in [0.3, 0.4) is 0 Å². The molecule has 1 atom stereocenters. The molecule has 0 radical (unpaired) electrons. The van der Waals surface area contributed by atoms with Gasteiger partial charge in [-0.1, -0.05) is 12.1 Å². The summed E-state index contributed by atoms with van der Waals surface area (Å²) in [7, 11) is 1.44. The first kappa shape index (κ1) is 21.2. The van der Waals surface area contributed by atoms with Gasteiger partial charge in [0.15, 0.2) is 0 Å². The van der Waals surface area contributed by atoms with Gasteiger partial charge in [-0.05, 0) is 31.9 Å². The van der Waals surface area contributed by atoms with Crippen LogP contribution in [0.5, 0.6) is 0 Å². The standard InChI is InChI=1S/C18H24F3N3O3/c1-12(24-9-7-13(25)8-10-24)17(27)23(2)11-16(26)22-15-6-4-3-5-14(15)18(19,20)21/h3-6,12-13,25H,7-11H2,1-2H3,(H,22,26)/t12-/m1/s1. The number of rotatable bonds is 5. The number of piperidine rings is 1. The van der Waals surface area contributed by atoms with Crippen molar-refractivity contribution in [2.45, 2.75) is 38.1 Å². The molecular formula is C18H24F3N3O3. The highest BCUT2D eigenvalue weighted by Crippen LogP contribution is 2.34. The fourth-order valence-corrected chi connectivity index (χ4v) is 3.07. The van der Waals surface area contributed by atoms with Gasteiger partial charge in [0, 0.05) is 20.1 Å². The van der Waals surface area contributed by atoms with Crippen molar-refractivity contribution >= 4 is 17.5 Å². The molecule has 0 aliphatic carbocycles. The summed E-state index contributed by atoms with van der Waals surface area (Å²) in [6.45, 7) is 2.51. The second-order valence-electron chi connectivity index (χ2n) is 6.73. The highest BCUT2D eigenvalue weighted by Gasteiger charge is 2.34. The van der Waals surface area contributed by atoms with Crippen molar-refractivity contribution in [3.63, 3.8) is 0 Å². The predicted molar refractivity (Wildman–Crippen MR) is 94.0 cm³/mol. The number of carbonyl (C=O) groups excluding carboxylic acids is 2. The molecule has 0 saturated carbocycles. The third kappa shape index (κ3) is 5.67. The van der Waals surface area contributed by atoms with Crippen molar-refractivity contribution in [2.24, 2.45) is 0 Å². The van der Waals surface area contributed by atoms with Gasteiger partial charge in [-0.2, -0.15) is 13.2 Å². The van der Waals surface area contributed by atoms with E-state index < -0.39 is 23.7 Å². The molecule has 2 amide bonds. The summed E-state index contributed by atoms with van der Waals surface area (Å²) in [6, 6.07) is 4.22. The number of halogens is 3. The van der Waals surface area contributed by atoms with Crippen LogP contribution in [0, 0.1) is 0 Å². The van der Waals surface area contributed by atoms with E-state index >= 15 is 0 Å². The number of alkyl halides is 3. The lowest BCUT2D eigenvalue weighted by Gasteiger charge is -2.35. The van der Waals surface area contributed by atoms with E-state index in [2.05, 4.69) is 5.32 Å². The number of nitrogens with one attached hydrogen (secondary N) is 1. The van der Waals surface area contributed by atoms with Crippen LogP contribution in [-0.4, -0.2) is 65.5 Å². The van der Waals surface area contributed by atoms with E-state index in [4.69, 9.17) is 0 Å². The Morgan fingerprint density at radius 1 is 1.30 bits per heavy atom. The van der Waals surface area contributed by atoms with Gasteiger partial charge in [0.2, 0.25) is 11.8 Å². The molecule has 27 heavy (non-hydrogen) atoms. The molecule has 1 aliphatic rings. The third-order valence-electron chi connectivity index (χ3n) is 4.67. The quantitative estimate of drug-likeness (QED) is 0.810. The van der Waals surface area contributed by atoms with E-state index in [1.165, 1.54) is 30.1 Å². The highest BCUT2D eigenvalue weighted by molar-refractivity contribution is 5.95. The number of hydrogen-bond donors (Lipinski definition) is 2. The normalized spacial score (nSPS) is 17.4. The summed E-state index contributed by atoms with van der Waals surface area (Å²) < 4.78 is 39.0. The van der Waals surface area contributed by atoms with Gasteiger partial charge in [0.25, 0.3) is 0 Å². The summed E-state index contributed by atoms with van der Waals surface area (Å²) in [4.78, 5) is 27.7. The van der Waals surface area contributed by atoms with Gasteiger partial charge >= 0.3 is 6.18 Å². The van der Waals surface area contributed by atoms with Gasteiger partial charge in [-0.15, -0.1) is 0 Å². The topological polar surface area (TPSA) is 72.9 Å². The molecule has 150 valence electrons. The van der Waals surface area contributed by atoms with Crippen molar-refractivity contribution < 1.29 is 27.9 Å². The van der Waals surface area contributed by atoms with Gasteiger partial charge < -0.3 is 15.3 Å². The van der Waals surface area contributed by atoms with Crippen LogP contribution in [0.25, 0.3) is 0 Å². The molecule has 2 N–H and O–H groups in total. The van der Waals surface area contributed by atoms with Crippen molar-refractivity contribution in [3.05, 3.63) is 29.8 Å². The molecule has 0 unspecified atom stereocenters. The van der Waals surface area contributed by atoms with Gasteiger partial charge in [0.1, 0.15) is 0 Å². The maximum absolute atomic E-state index is 13.0. The lowest BCUT2D eigenvalue weighted by atomic mass is 10.1. The minimum atomic E-state index is -4.58. The fraction of sp³-hybridized carbons (Fsp3) is 0.556. The van der Waals surface area contributed by atoms with Gasteiger partial charge in [0.05, 0.1) is 29.9 Å². The molecule has 0 bridgehead atoms. The molecule has 2 rings (SSSR count). The number of benzene rings is 1. The smallest absolute Gasteiger partial charge is 0.393 e. The third-order valence-corrected chi connectivity index (χ3v) is 4.67. The molecule has 1 heterocycles. The molecule has 0 aromatic heterocycles. The molecule has 6 nitrogen and oxygen atoms in total. The van der Waals surface area contributed by atoms with E-state index in [1.807, 2.05) is 4.90 Å². The van der Waals surface area contributed by atoms with Crippen molar-refractivity contribution in [3.8, 4) is 0 Å². The Balaban J connectivity index is 1.95. The molecular weight excluding hydrogens is 363 g/mol. The minimum Gasteiger partial charge on any atom is -0.393 e. The zero-order valence-corrected chi connectivity index (χ0v) is 15.3. The number of likely N-dealkylation sites (tertiary alicyclic amines) is 1. The van der Waals surface area contributed by atoms with Crippen LogP contribution in [0.1, 0.15) is 25.3 Å². The summed E-state index contributed by atoms with van der Waals surface area (Å²) in [6.07, 6.45) is -3.79. The molecule has 1 aromatic carbocycles. The number of nitrogens with zero attached hydrogens (tertiary/aromatic N) is 2. The van der Waals surface area contributed by atoms with Gasteiger partial charge in [-0.25, -0.2) is 0 Å². The minimum absolute atomic E-state index is 0.300. The van der Waals surface area contributed by atoms with Crippen LogP contribution in [-0.2, 0) is 15.8 Å². The predicted octanol–water partition coefficient (Wildman–Crippen LogP) is 1.95. The van der Waals surface area contributed by atoms with E-state index in [0.29, 0.717) is 25.9 Å². The second kappa shape index (κ2) is 8.71. The van der Waals surface area contributed by atoms with E-state index in [-0.39, 0.29) is 24.2 Å². The van der Waals surface area contributed by atoms with Gasteiger partial charge in [-0.3, -0.25) is 14.5 Å². The number of aliphatic hydroxyl groups is 1. The first-order valence-corrected chi connectivity index (χ1v) is 8.72. The first-order chi connectivity index (χ1) is 12.6. The first-order valence-electron chi connectivity index (χ1n) is 8.72. The molecule has 9 heteroatoms. The zero-order valence-electron chi connectivity index (χ0n) is 15.3. The number of amides is 2. The average Bonchev–Trinajstić information content (AvgIpc) is 2.60. The van der Waals surface area contributed by atoms with Crippen molar-refractivity contribution in [1.29, 1.82) is 0 Å². The average molecular weight is 387 g/mol. The zero-order chi connectivity index (χ0) is 20.2. The Hall–Kier alpha value is -2.13. The maximum Gasteiger partial charge on any atom is 0.418 e. The Labute approximate surface area is 155 Å². The van der Waals surface area contributed by atoms with Crippen molar-refractivity contribution in [1.82, 2.24) is 9.80 Å². The van der Waals surface area contributed by atoms with Crippen LogP contribution in [0.4, 0.5) is 18.9 Å². The SMILES string of the molecule is C[C@H](C(=O)N(C)CC(=O)Nc1ccccc1C(F)(F)F)N1CCC(O)CC1. The van der Waals surface area contributed by atoms with Crippen LogP contribution in [0.15, 0.2) is 24.3 Å². The summed E-state index contributed by atoms with van der Waals surface area (Å²) >= 11 is 0. The second-order valence-corrected chi connectivity index (χ2v) is 6.73. The lowest BCUT2D eigenvalue weighted by Crippen LogP contribution is -2.50. The summed E-state index contributed by atoms with van der Waals surface area (Å²) in [5, 5.41) is 11.8. The van der Waals surface area contributed by atoms with Crippen LogP contribution >= 0.6 is 0 Å². The molecule has 1 saturated heterocycles. The lowest BCUT2D eigenvalue weighted by molar-refractivity contribution is -0.139. The Morgan fingerprint density at radius 2 is 1.89 bits per heavy atom. The van der Waals surface area contributed by atoms with Crippen LogP contribution < -0.4 is 5.32 Å². The number of para-hydroxylation sites is 1. The number of likely N-dealkylation sites (N-methyl/N-ethyl adjacent to an activating group) is 1. The monoisotopic (exact) mass is 387 g/mol.